The first-order valence-corrected chi connectivity index (χ1v) is 11.7. The molecule has 0 bridgehead atoms. The van der Waals surface area contributed by atoms with E-state index in [1.54, 1.807) is 0 Å². The number of nitrogens with one attached hydrogen (secondary N) is 1. The summed E-state index contributed by atoms with van der Waals surface area (Å²) in [5, 5.41) is 20.0. The Morgan fingerprint density at radius 1 is 1.03 bits per heavy atom. The Hall–Kier alpha value is -1.03. The molecule has 0 radical (unpaired) electrons. The smallest absolute Gasteiger partial charge is 0.387 e. The van der Waals surface area contributed by atoms with E-state index in [0.717, 1.165) is 12.3 Å². The van der Waals surface area contributed by atoms with Gasteiger partial charge in [-0.2, -0.15) is 8.62 Å². The molecule has 0 spiro atoms. The van der Waals surface area contributed by atoms with Crippen molar-refractivity contribution in [1.82, 2.24) is 9.55 Å². The van der Waals surface area contributed by atoms with Gasteiger partial charge >= 0.3 is 29.2 Å². The van der Waals surface area contributed by atoms with Crippen LogP contribution in [0.3, 0.4) is 0 Å². The third-order valence-electron chi connectivity index (χ3n) is 3.27. The van der Waals surface area contributed by atoms with E-state index in [-0.39, 0.29) is 0 Å². The van der Waals surface area contributed by atoms with E-state index < -0.39 is 65.9 Å². The van der Waals surface area contributed by atoms with Gasteiger partial charge in [0.2, 0.25) is 0 Å². The monoisotopic (exact) mass is 484 g/mol. The Bertz CT molecular complexity index is 963. The first-order valence-electron chi connectivity index (χ1n) is 7.22. The summed E-state index contributed by atoms with van der Waals surface area (Å²) in [5.41, 5.74) is -1.78. The minimum absolute atomic E-state index is 0.688. The van der Waals surface area contributed by atoms with Gasteiger partial charge in [0.1, 0.15) is 18.3 Å². The van der Waals surface area contributed by atoms with Crippen molar-refractivity contribution in [2.24, 2.45) is 0 Å². The molecule has 166 valence electrons. The minimum atomic E-state index is -5.62. The second kappa shape index (κ2) is 8.61. The topological polar surface area (TPSA) is 264 Å². The van der Waals surface area contributed by atoms with Crippen LogP contribution in [0.1, 0.15) is 6.23 Å². The molecule has 1 aliphatic heterocycles. The van der Waals surface area contributed by atoms with Gasteiger partial charge in [0.25, 0.3) is 5.56 Å². The fourth-order valence-corrected chi connectivity index (χ4v) is 5.39. The summed E-state index contributed by atoms with van der Waals surface area (Å²) in [4.78, 5) is 59.5. The van der Waals surface area contributed by atoms with E-state index in [9.17, 15) is 33.5 Å². The van der Waals surface area contributed by atoms with Crippen LogP contribution in [0.25, 0.3) is 0 Å². The molecule has 0 unspecified atom stereocenters. The van der Waals surface area contributed by atoms with Crippen LogP contribution >= 0.6 is 23.5 Å². The lowest BCUT2D eigenvalue weighted by Crippen LogP contribution is -2.37. The van der Waals surface area contributed by atoms with Crippen LogP contribution in [0.15, 0.2) is 21.9 Å². The molecule has 1 saturated heterocycles. The zero-order valence-electron chi connectivity index (χ0n) is 13.8. The zero-order valence-corrected chi connectivity index (χ0v) is 16.5. The van der Waals surface area contributed by atoms with Gasteiger partial charge in [-0.25, -0.2) is 18.5 Å². The Balaban J connectivity index is 2.18. The van der Waals surface area contributed by atoms with Crippen molar-refractivity contribution in [2.75, 3.05) is 6.61 Å². The van der Waals surface area contributed by atoms with Crippen molar-refractivity contribution in [3.8, 4) is 0 Å². The Morgan fingerprint density at radius 2 is 1.59 bits per heavy atom. The summed E-state index contributed by atoms with van der Waals surface area (Å²) in [6.07, 6.45) is -5.91. The van der Waals surface area contributed by atoms with Gasteiger partial charge in [-0.15, -0.1) is 0 Å². The molecule has 4 atom stereocenters. The normalized spacial score (nSPS) is 26.0. The summed E-state index contributed by atoms with van der Waals surface area (Å²) in [7, 11) is -16.8. The molecule has 0 amide bonds. The number of hydrogen-bond acceptors (Lipinski definition) is 11. The van der Waals surface area contributed by atoms with E-state index in [4.69, 9.17) is 24.3 Å². The predicted molar refractivity (Wildman–Crippen MR) is 87.1 cm³/mol. The number of aromatic nitrogens is 2. The van der Waals surface area contributed by atoms with E-state index in [1.807, 2.05) is 4.98 Å². The summed E-state index contributed by atoms with van der Waals surface area (Å²) >= 11 is 0. The summed E-state index contributed by atoms with van der Waals surface area (Å²) < 4.78 is 51.3. The largest absolute Gasteiger partial charge is 0.492 e. The summed E-state index contributed by atoms with van der Waals surface area (Å²) in [6.45, 7) is -1.12. The first-order chi connectivity index (χ1) is 13.1. The molecule has 7 N–H and O–H groups in total. The molecule has 1 aromatic heterocycles. The number of nitrogens with zero attached hydrogens (tertiary/aromatic N) is 1. The highest BCUT2D eigenvalue weighted by Crippen LogP contribution is 2.67. The van der Waals surface area contributed by atoms with E-state index in [1.165, 1.54) is 0 Å². The number of ether oxygens (including phenoxy) is 1. The molecule has 1 fully saturated rings. The van der Waals surface area contributed by atoms with Gasteiger partial charge < -0.3 is 34.5 Å². The number of hydrogen-bond donors (Lipinski definition) is 7. The van der Waals surface area contributed by atoms with E-state index >= 15 is 0 Å². The molecular formula is C9H15N2O15P3. The van der Waals surface area contributed by atoms with Crippen LogP contribution < -0.4 is 11.2 Å². The zero-order chi connectivity index (χ0) is 22.2. The molecule has 0 aliphatic carbocycles. The average molecular weight is 484 g/mol. The lowest BCUT2D eigenvalue weighted by atomic mass is 10.1. The maximum absolute atomic E-state index is 12.1. The van der Waals surface area contributed by atoms with Gasteiger partial charge in [-0.3, -0.25) is 18.9 Å². The number of aliphatic hydroxyl groups is 2. The molecule has 2 rings (SSSR count). The van der Waals surface area contributed by atoms with Crippen LogP contribution in [-0.2, 0) is 31.6 Å². The van der Waals surface area contributed by atoms with Crippen LogP contribution in [0, 0.1) is 0 Å². The van der Waals surface area contributed by atoms with E-state index in [0.29, 0.717) is 4.57 Å². The lowest BCUT2D eigenvalue weighted by molar-refractivity contribution is -0.0541. The standard InChI is InChI=1S/C9H15N2O15P3/c12-5-1-2-11(9(15)10-5)8-7(14)6(13)4(24-8)3-23-29(22,25-27(16,17)18)26-28(19,20)21/h1-2,4,6-8,13-14H,3H2,(H,10,12,15)(H2,16,17,18)(H2,19,20,21)/t4-,6-,7-,8-/m1/s1. The van der Waals surface area contributed by atoms with Crippen molar-refractivity contribution < 1.29 is 61.4 Å². The minimum Gasteiger partial charge on any atom is -0.387 e. The Labute approximate surface area is 159 Å². The lowest BCUT2D eigenvalue weighted by Gasteiger charge is -2.21. The number of rotatable bonds is 8. The molecule has 2 heterocycles. The van der Waals surface area contributed by atoms with Crippen molar-refractivity contribution in [1.29, 1.82) is 0 Å². The molecule has 0 aromatic carbocycles. The number of H-pyrrole nitrogens is 1. The molecule has 29 heavy (non-hydrogen) atoms. The third kappa shape index (κ3) is 6.73. The van der Waals surface area contributed by atoms with Crippen molar-refractivity contribution >= 4 is 23.5 Å². The van der Waals surface area contributed by atoms with Gasteiger partial charge in [-0.1, -0.05) is 0 Å². The van der Waals surface area contributed by atoms with E-state index in [2.05, 4.69) is 13.1 Å². The van der Waals surface area contributed by atoms with Crippen molar-refractivity contribution in [3.63, 3.8) is 0 Å². The molecule has 20 heteroatoms. The van der Waals surface area contributed by atoms with Gasteiger partial charge in [0.15, 0.2) is 6.23 Å². The highest BCUT2D eigenvalue weighted by atomic mass is 31.3. The Kier molecular flexibility index (Phi) is 7.20. The second-order valence-electron chi connectivity index (χ2n) is 5.45. The Morgan fingerprint density at radius 3 is 2.07 bits per heavy atom. The fraction of sp³-hybridized carbons (Fsp3) is 0.556. The van der Waals surface area contributed by atoms with Crippen LogP contribution in [0.2, 0.25) is 0 Å². The van der Waals surface area contributed by atoms with Crippen molar-refractivity contribution in [3.05, 3.63) is 33.1 Å². The van der Waals surface area contributed by atoms with Crippen LogP contribution in [0.4, 0.5) is 0 Å². The highest BCUT2D eigenvalue weighted by Gasteiger charge is 2.47. The number of aromatic amines is 1. The van der Waals surface area contributed by atoms with Crippen molar-refractivity contribution in [2.45, 2.75) is 24.5 Å². The molecular weight excluding hydrogens is 469 g/mol. The summed E-state index contributed by atoms with van der Waals surface area (Å²) in [6, 6.07) is 0.906. The van der Waals surface area contributed by atoms with Gasteiger partial charge in [0, 0.05) is 12.3 Å². The summed E-state index contributed by atoms with van der Waals surface area (Å²) in [5.74, 6) is 0. The second-order valence-corrected chi connectivity index (χ2v) is 9.87. The first kappa shape index (κ1) is 24.2. The maximum atomic E-state index is 12.1. The predicted octanol–water partition coefficient (Wildman–Crippen LogP) is -2.50. The van der Waals surface area contributed by atoms with Gasteiger partial charge in [-0.05, 0) is 0 Å². The maximum Gasteiger partial charge on any atom is 0.492 e. The SMILES string of the molecule is O=c1ccn([C@@H]2O[C@H](COP(=O)(OP(=O)(O)O)OP(=O)(O)O)[C@@H](O)[C@H]2O)c(=O)[nH]1. The quantitative estimate of drug-likeness (QED) is 0.188. The molecule has 1 aromatic rings. The fourth-order valence-electron chi connectivity index (χ4n) is 2.21. The van der Waals surface area contributed by atoms with Crippen LogP contribution in [-0.4, -0.2) is 64.3 Å². The molecule has 17 nitrogen and oxygen atoms in total. The third-order valence-corrected chi connectivity index (χ3v) is 7.04. The van der Waals surface area contributed by atoms with Crippen LogP contribution in [0.5, 0.6) is 0 Å². The molecule has 0 saturated carbocycles. The molecule has 1 aliphatic rings. The van der Waals surface area contributed by atoms with Gasteiger partial charge in [0.05, 0.1) is 6.61 Å². The highest BCUT2D eigenvalue weighted by molar-refractivity contribution is 7.66. The number of phosphoric acid groups is 3. The average Bonchev–Trinajstić information content (AvgIpc) is 2.77. The number of aliphatic hydroxyl groups excluding tert-OH is 2.